The number of nitrogens with one attached hydrogen (secondary N) is 1. The van der Waals surface area contributed by atoms with Gasteiger partial charge in [-0.2, -0.15) is 0 Å². The molecule has 1 aromatic carbocycles. The average Bonchev–Trinajstić information content (AvgIpc) is 2.15. The monoisotopic (exact) mass is 260 g/mol. The number of halogens is 2. The molecule has 0 aliphatic heterocycles. The smallest absolute Gasteiger partial charge is 0.122 e. The van der Waals surface area contributed by atoms with Gasteiger partial charge >= 0.3 is 0 Å². The minimum atomic E-state index is 0.214. The van der Waals surface area contributed by atoms with Crippen molar-refractivity contribution >= 4 is 29.0 Å². The maximum Gasteiger partial charge on any atom is 0.122 e. The van der Waals surface area contributed by atoms with Crippen LogP contribution in [0.25, 0.3) is 0 Å². The number of amidine groups is 1. The van der Waals surface area contributed by atoms with Crippen molar-refractivity contribution in [3.05, 3.63) is 28.2 Å². The first-order chi connectivity index (χ1) is 7.58. The molecular weight excluding hydrogens is 247 g/mol. The Morgan fingerprint density at radius 3 is 2.38 bits per heavy atom. The van der Waals surface area contributed by atoms with Crippen LogP contribution in [0.5, 0.6) is 5.75 Å². The van der Waals surface area contributed by atoms with Crippen LogP contribution >= 0.6 is 23.2 Å². The van der Waals surface area contributed by atoms with E-state index in [0.717, 1.165) is 12.8 Å². The van der Waals surface area contributed by atoms with Crippen molar-refractivity contribution in [1.82, 2.24) is 0 Å². The topological polar surface area (TPSA) is 59.1 Å². The quantitative estimate of drug-likeness (QED) is 0.468. The molecule has 0 atom stereocenters. The standard InChI is InChI=1S/C11H14Cl2N2O/c12-8-5-9(13)7-10(6-8)16-4-2-1-3-11(14)15/h5-7H,1-4H2,(H3,14,15). The van der Waals surface area contributed by atoms with Gasteiger partial charge in [-0.15, -0.1) is 0 Å². The Balaban J connectivity index is 2.29. The Morgan fingerprint density at radius 1 is 1.19 bits per heavy atom. The molecule has 0 bridgehead atoms. The summed E-state index contributed by atoms with van der Waals surface area (Å²) in [6.07, 6.45) is 2.31. The van der Waals surface area contributed by atoms with Gasteiger partial charge in [-0.25, -0.2) is 0 Å². The first-order valence-corrected chi connectivity index (χ1v) is 5.75. The SMILES string of the molecule is N=C(N)CCCCOc1cc(Cl)cc(Cl)c1. The van der Waals surface area contributed by atoms with E-state index in [1.54, 1.807) is 18.2 Å². The van der Waals surface area contributed by atoms with Gasteiger partial charge in [-0.1, -0.05) is 23.2 Å². The van der Waals surface area contributed by atoms with Crippen molar-refractivity contribution in [1.29, 1.82) is 5.41 Å². The van der Waals surface area contributed by atoms with Crippen molar-refractivity contribution < 1.29 is 4.74 Å². The number of unbranched alkanes of at least 4 members (excludes halogenated alkanes) is 1. The summed E-state index contributed by atoms with van der Waals surface area (Å²) < 4.78 is 5.47. The summed E-state index contributed by atoms with van der Waals surface area (Å²) in [6.45, 7) is 0.573. The molecule has 0 fully saturated rings. The molecule has 88 valence electrons. The van der Waals surface area contributed by atoms with Gasteiger partial charge < -0.3 is 10.5 Å². The van der Waals surface area contributed by atoms with Gasteiger partial charge in [-0.05, 0) is 31.0 Å². The molecule has 0 radical (unpaired) electrons. The first-order valence-electron chi connectivity index (χ1n) is 5.00. The van der Waals surface area contributed by atoms with E-state index in [1.807, 2.05) is 0 Å². The van der Waals surface area contributed by atoms with E-state index in [9.17, 15) is 0 Å². The van der Waals surface area contributed by atoms with Gasteiger partial charge in [0.15, 0.2) is 0 Å². The molecular formula is C11H14Cl2N2O. The molecule has 0 aliphatic rings. The summed E-state index contributed by atoms with van der Waals surface area (Å²) in [5, 5.41) is 8.17. The zero-order chi connectivity index (χ0) is 12.0. The van der Waals surface area contributed by atoms with Crippen molar-refractivity contribution in [2.24, 2.45) is 5.73 Å². The van der Waals surface area contributed by atoms with Gasteiger partial charge in [0.2, 0.25) is 0 Å². The van der Waals surface area contributed by atoms with Crippen molar-refractivity contribution in [3.8, 4) is 5.75 Å². The lowest BCUT2D eigenvalue weighted by Crippen LogP contribution is -2.09. The number of hydrogen-bond donors (Lipinski definition) is 2. The fourth-order valence-corrected chi connectivity index (χ4v) is 1.73. The van der Waals surface area contributed by atoms with Crippen molar-refractivity contribution in [2.75, 3.05) is 6.61 Å². The summed E-state index contributed by atoms with van der Waals surface area (Å²) in [4.78, 5) is 0. The third-order valence-electron chi connectivity index (χ3n) is 1.95. The fraction of sp³-hybridized carbons (Fsp3) is 0.364. The molecule has 0 saturated carbocycles. The maximum absolute atomic E-state index is 7.05. The second kappa shape index (κ2) is 6.61. The summed E-state index contributed by atoms with van der Waals surface area (Å²) in [5.41, 5.74) is 5.23. The van der Waals surface area contributed by atoms with Crippen molar-refractivity contribution in [3.63, 3.8) is 0 Å². The zero-order valence-corrected chi connectivity index (χ0v) is 10.3. The number of nitrogens with two attached hydrogens (primary N) is 1. The highest BCUT2D eigenvalue weighted by atomic mass is 35.5. The van der Waals surface area contributed by atoms with Crippen LogP contribution < -0.4 is 10.5 Å². The summed E-state index contributed by atoms with van der Waals surface area (Å²) in [7, 11) is 0. The first kappa shape index (κ1) is 13.1. The largest absolute Gasteiger partial charge is 0.493 e. The highest BCUT2D eigenvalue weighted by Crippen LogP contribution is 2.24. The second-order valence-electron chi connectivity index (χ2n) is 3.44. The van der Waals surface area contributed by atoms with E-state index in [-0.39, 0.29) is 5.84 Å². The number of ether oxygens (including phenoxy) is 1. The Kier molecular flexibility index (Phi) is 5.43. The summed E-state index contributed by atoms with van der Waals surface area (Å²) >= 11 is 11.6. The Hall–Kier alpha value is -0.930. The predicted octanol–water partition coefficient (Wildman–Crippen LogP) is 3.48. The molecule has 0 aromatic heterocycles. The number of rotatable bonds is 6. The summed E-state index contributed by atoms with van der Waals surface area (Å²) in [5.74, 6) is 0.881. The van der Waals surface area contributed by atoms with Gasteiger partial charge in [0.25, 0.3) is 0 Å². The minimum absolute atomic E-state index is 0.214. The lowest BCUT2D eigenvalue weighted by molar-refractivity contribution is 0.308. The normalized spacial score (nSPS) is 10.1. The lowest BCUT2D eigenvalue weighted by Gasteiger charge is -2.06. The van der Waals surface area contributed by atoms with Gasteiger partial charge in [-0.3, -0.25) is 5.41 Å². The molecule has 0 amide bonds. The number of hydrogen-bond acceptors (Lipinski definition) is 2. The third kappa shape index (κ3) is 5.24. The predicted molar refractivity (Wildman–Crippen MR) is 67.7 cm³/mol. The van der Waals surface area contributed by atoms with Gasteiger partial charge in [0, 0.05) is 16.5 Å². The van der Waals surface area contributed by atoms with E-state index < -0.39 is 0 Å². The highest BCUT2D eigenvalue weighted by Gasteiger charge is 1.99. The Labute approximate surface area is 105 Å². The molecule has 1 rings (SSSR count). The fourth-order valence-electron chi connectivity index (χ4n) is 1.22. The molecule has 5 heteroatoms. The van der Waals surface area contributed by atoms with Crippen molar-refractivity contribution in [2.45, 2.75) is 19.3 Å². The molecule has 1 aromatic rings. The molecule has 0 saturated heterocycles. The highest BCUT2D eigenvalue weighted by molar-refractivity contribution is 6.34. The van der Waals surface area contributed by atoms with Crippen LogP contribution in [-0.4, -0.2) is 12.4 Å². The molecule has 3 N–H and O–H groups in total. The Morgan fingerprint density at radius 2 is 1.81 bits per heavy atom. The van der Waals surface area contributed by atoms with Crippen LogP contribution in [-0.2, 0) is 0 Å². The minimum Gasteiger partial charge on any atom is -0.493 e. The van der Waals surface area contributed by atoms with E-state index in [2.05, 4.69) is 0 Å². The number of benzene rings is 1. The van der Waals surface area contributed by atoms with E-state index in [4.69, 9.17) is 39.1 Å². The average molecular weight is 261 g/mol. The van der Waals surface area contributed by atoms with Gasteiger partial charge in [0.1, 0.15) is 5.75 Å². The molecule has 0 heterocycles. The molecule has 0 spiro atoms. The summed E-state index contributed by atoms with van der Waals surface area (Å²) in [6, 6.07) is 5.10. The van der Waals surface area contributed by atoms with E-state index in [1.165, 1.54) is 0 Å². The van der Waals surface area contributed by atoms with E-state index >= 15 is 0 Å². The molecule has 0 unspecified atom stereocenters. The van der Waals surface area contributed by atoms with Gasteiger partial charge in [0.05, 0.1) is 12.4 Å². The Bertz CT molecular complexity index is 349. The lowest BCUT2D eigenvalue weighted by atomic mass is 10.2. The molecule has 3 nitrogen and oxygen atoms in total. The van der Waals surface area contributed by atoms with Crippen LogP contribution in [0.3, 0.4) is 0 Å². The van der Waals surface area contributed by atoms with Crippen LogP contribution in [0.2, 0.25) is 10.0 Å². The zero-order valence-electron chi connectivity index (χ0n) is 8.80. The van der Waals surface area contributed by atoms with E-state index in [0.29, 0.717) is 28.8 Å². The van der Waals surface area contributed by atoms with Crippen LogP contribution in [0.4, 0.5) is 0 Å². The van der Waals surface area contributed by atoms with Crippen LogP contribution in [0, 0.1) is 5.41 Å². The van der Waals surface area contributed by atoms with Crippen LogP contribution in [0.1, 0.15) is 19.3 Å². The maximum atomic E-state index is 7.05. The molecule has 16 heavy (non-hydrogen) atoms. The van der Waals surface area contributed by atoms with Crippen LogP contribution in [0.15, 0.2) is 18.2 Å². The molecule has 0 aliphatic carbocycles. The second-order valence-corrected chi connectivity index (χ2v) is 4.31. The third-order valence-corrected chi connectivity index (χ3v) is 2.38.